The molecule has 7 heteroatoms. The van der Waals surface area contributed by atoms with Crippen molar-refractivity contribution in [3.8, 4) is 5.75 Å². The summed E-state index contributed by atoms with van der Waals surface area (Å²) in [6, 6.07) is 13.1. The number of methoxy groups -OCH3 is 1. The van der Waals surface area contributed by atoms with E-state index in [2.05, 4.69) is 15.4 Å². The zero-order chi connectivity index (χ0) is 18.9. The molecule has 0 saturated heterocycles. The fourth-order valence-electron chi connectivity index (χ4n) is 2.07. The number of anilines is 2. The van der Waals surface area contributed by atoms with E-state index in [1.165, 1.54) is 7.11 Å². The number of nitrogens with one attached hydrogen (secondary N) is 2. The Balaban J connectivity index is 1.87. The number of hydrogen-bond acceptors (Lipinski definition) is 5. The summed E-state index contributed by atoms with van der Waals surface area (Å²) in [5.74, 6) is -0.426. The van der Waals surface area contributed by atoms with Crippen LogP contribution in [0.15, 0.2) is 48.5 Å². The first-order chi connectivity index (χ1) is 12.5. The molecule has 0 radical (unpaired) electrons. The largest absolute Gasteiger partial charge is 0.484 e. The summed E-state index contributed by atoms with van der Waals surface area (Å²) in [6.45, 7) is 1.57. The van der Waals surface area contributed by atoms with Crippen molar-refractivity contribution >= 4 is 29.2 Å². The van der Waals surface area contributed by atoms with E-state index in [0.717, 1.165) is 0 Å². The average Bonchev–Trinajstić information content (AvgIpc) is 2.66. The molecule has 2 aromatic carbocycles. The lowest BCUT2D eigenvalue weighted by Crippen LogP contribution is -2.20. The van der Waals surface area contributed by atoms with Gasteiger partial charge >= 0.3 is 5.97 Å². The summed E-state index contributed by atoms with van der Waals surface area (Å²) >= 11 is 0. The molecular weight excluding hydrogens is 336 g/mol. The Bertz CT molecular complexity index is 787. The summed E-state index contributed by atoms with van der Waals surface area (Å²) < 4.78 is 10.1. The number of rotatable bonds is 7. The molecular formula is C19H20N2O5. The normalized spacial score (nSPS) is 9.92. The molecule has 2 N–H and O–H groups in total. The van der Waals surface area contributed by atoms with Crippen molar-refractivity contribution < 1.29 is 23.9 Å². The fourth-order valence-corrected chi connectivity index (χ4v) is 2.07. The van der Waals surface area contributed by atoms with Crippen LogP contribution in [0.5, 0.6) is 5.75 Å². The van der Waals surface area contributed by atoms with Gasteiger partial charge in [0.1, 0.15) is 5.75 Å². The van der Waals surface area contributed by atoms with Gasteiger partial charge < -0.3 is 20.1 Å². The van der Waals surface area contributed by atoms with Gasteiger partial charge in [0.25, 0.3) is 5.91 Å². The molecule has 0 aromatic heterocycles. The Hall–Kier alpha value is -3.35. The van der Waals surface area contributed by atoms with Crippen LogP contribution in [0.4, 0.5) is 11.4 Å². The van der Waals surface area contributed by atoms with E-state index >= 15 is 0 Å². The summed E-state index contributed by atoms with van der Waals surface area (Å²) in [6.07, 6.45) is 0.377. The minimum atomic E-state index is -0.443. The van der Waals surface area contributed by atoms with Crippen molar-refractivity contribution in [2.24, 2.45) is 0 Å². The van der Waals surface area contributed by atoms with Gasteiger partial charge in [-0.15, -0.1) is 0 Å². The minimum absolute atomic E-state index is 0.102. The second kappa shape index (κ2) is 9.22. The number of benzene rings is 2. The van der Waals surface area contributed by atoms with E-state index in [9.17, 15) is 14.4 Å². The van der Waals surface area contributed by atoms with Crippen molar-refractivity contribution in [3.05, 3.63) is 54.1 Å². The molecule has 0 aliphatic carbocycles. The number of amides is 2. The van der Waals surface area contributed by atoms with E-state index in [1.54, 1.807) is 55.5 Å². The van der Waals surface area contributed by atoms with Gasteiger partial charge in [-0.2, -0.15) is 0 Å². The molecule has 0 spiro atoms. The molecule has 0 fully saturated rings. The summed E-state index contributed by atoms with van der Waals surface area (Å²) in [5, 5.41) is 5.39. The first-order valence-electron chi connectivity index (χ1n) is 8.02. The maximum Gasteiger partial charge on any atom is 0.337 e. The van der Waals surface area contributed by atoms with Crippen LogP contribution in [0.25, 0.3) is 0 Å². The van der Waals surface area contributed by atoms with Gasteiger partial charge in [0.2, 0.25) is 5.91 Å². The van der Waals surface area contributed by atoms with E-state index in [1.807, 2.05) is 0 Å². The van der Waals surface area contributed by atoms with Crippen molar-refractivity contribution in [1.29, 1.82) is 0 Å². The maximum atomic E-state index is 12.0. The molecule has 0 bridgehead atoms. The van der Waals surface area contributed by atoms with Gasteiger partial charge in [0, 0.05) is 23.9 Å². The number of hydrogen-bond donors (Lipinski definition) is 2. The molecule has 0 unspecified atom stereocenters. The molecule has 0 heterocycles. The molecule has 0 aliphatic rings. The van der Waals surface area contributed by atoms with Gasteiger partial charge in [-0.25, -0.2) is 4.79 Å². The first kappa shape index (κ1) is 19.0. The van der Waals surface area contributed by atoms with Crippen molar-refractivity contribution in [2.45, 2.75) is 13.3 Å². The van der Waals surface area contributed by atoms with Gasteiger partial charge in [-0.1, -0.05) is 13.0 Å². The molecule has 0 atom stereocenters. The average molecular weight is 356 g/mol. The zero-order valence-corrected chi connectivity index (χ0v) is 14.6. The van der Waals surface area contributed by atoms with Crippen LogP contribution in [0.2, 0.25) is 0 Å². The van der Waals surface area contributed by atoms with Crippen molar-refractivity contribution in [2.75, 3.05) is 24.4 Å². The highest BCUT2D eigenvalue weighted by atomic mass is 16.5. The molecule has 2 aromatic rings. The van der Waals surface area contributed by atoms with Crippen LogP contribution in [0, 0.1) is 0 Å². The van der Waals surface area contributed by atoms with E-state index < -0.39 is 5.97 Å². The minimum Gasteiger partial charge on any atom is -0.484 e. The molecule has 2 amide bonds. The lowest BCUT2D eigenvalue weighted by Gasteiger charge is -2.09. The van der Waals surface area contributed by atoms with Gasteiger partial charge in [0.05, 0.1) is 12.7 Å². The Kier molecular flexibility index (Phi) is 6.73. The monoisotopic (exact) mass is 356 g/mol. The zero-order valence-electron chi connectivity index (χ0n) is 14.6. The predicted molar refractivity (Wildman–Crippen MR) is 97.3 cm³/mol. The second-order valence-corrected chi connectivity index (χ2v) is 5.34. The van der Waals surface area contributed by atoms with Gasteiger partial charge in [-0.05, 0) is 36.4 Å². The number of carbonyl (C=O) groups excluding carboxylic acids is 3. The van der Waals surface area contributed by atoms with Crippen molar-refractivity contribution in [1.82, 2.24) is 0 Å². The van der Waals surface area contributed by atoms with Crippen LogP contribution in [0.1, 0.15) is 23.7 Å². The Morgan fingerprint density at radius 2 is 1.62 bits per heavy atom. The standard InChI is InChI=1S/C19H20N2O5/c1-3-17(22)21-15-5-4-6-16(11-15)26-12-18(23)20-14-9-7-13(8-10-14)19(24)25-2/h4-11H,3,12H2,1-2H3,(H,20,23)(H,21,22). The maximum absolute atomic E-state index is 12.0. The number of carbonyl (C=O) groups is 3. The molecule has 7 nitrogen and oxygen atoms in total. The third kappa shape index (κ3) is 5.62. The molecule has 0 saturated carbocycles. The van der Waals surface area contributed by atoms with Crippen LogP contribution < -0.4 is 15.4 Å². The lowest BCUT2D eigenvalue weighted by atomic mass is 10.2. The van der Waals surface area contributed by atoms with Crippen LogP contribution >= 0.6 is 0 Å². The number of esters is 1. The molecule has 2 rings (SSSR count). The van der Waals surface area contributed by atoms with Crippen LogP contribution in [-0.4, -0.2) is 31.5 Å². The van der Waals surface area contributed by atoms with E-state index in [0.29, 0.717) is 29.1 Å². The first-order valence-corrected chi connectivity index (χ1v) is 8.02. The second-order valence-electron chi connectivity index (χ2n) is 5.34. The quantitative estimate of drug-likeness (QED) is 0.744. The van der Waals surface area contributed by atoms with Crippen LogP contribution in [-0.2, 0) is 14.3 Å². The Morgan fingerprint density at radius 1 is 0.923 bits per heavy atom. The van der Waals surface area contributed by atoms with E-state index in [4.69, 9.17) is 4.74 Å². The fraction of sp³-hybridized carbons (Fsp3) is 0.211. The molecule has 136 valence electrons. The summed E-state index contributed by atoms with van der Waals surface area (Å²) in [7, 11) is 1.30. The lowest BCUT2D eigenvalue weighted by molar-refractivity contribution is -0.118. The van der Waals surface area contributed by atoms with Crippen molar-refractivity contribution in [3.63, 3.8) is 0 Å². The smallest absolute Gasteiger partial charge is 0.337 e. The van der Waals surface area contributed by atoms with E-state index in [-0.39, 0.29) is 18.4 Å². The highest BCUT2D eigenvalue weighted by molar-refractivity contribution is 5.94. The predicted octanol–water partition coefficient (Wildman–Crippen LogP) is 2.84. The Morgan fingerprint density at radius 3 is 2.27 bits per heavy atom. The molecule has 26 heavy (non-hydrogen) atoms. The van der Waals surface area contributed by atoms with Gasteiger partial charge in [-0.3, -0.25) is 9.59 Å². The number of ether oxygens (including phenoxy) is 2. The summed E-state index contributed by atoms with van der Waals surface area (Å²) in [5.41, 5.74) is 1.54. The third-order valence-corrected chi connectivity index (χ3v) is 3.40. The molecule has 0 aliphatic heterocycles. The summed E-state index contributed by atoms with van der Waals surface area (Å²) in [4.78, 5) is 34.7. The highest BCUT2D eigenvalue weighted by Gasteiger charge is 2.07. The highest BCUT2D eigenvalue weighted by Crippen LogP contribution is 2.17. The third-order valence-electron chi connectivity index (χ3n) is 3.40. The SMILES string of the molecule is CCC(=O)Nc1cccc(OCC(=O)Nc2ccc(C(=O)OC)cc2)c1. The topological polar surface area (TPSA) is 93.7 Å². The Labute approximate surface area is 151 Å². The van der Waals surface area contributed by atoms with Gasteiger partial charge in [0.15, 0.2) is 6.61 Å². The van der Waals surface area contributed by atoms with Crippen LogP contribution in [0.3, 0.4) is 0 Å².